The van der Waals surface area contributed by atoms with Crippen LogP contribution in [0.1, 0.15) is 39.0 Å². The monoisotopic (exact) mass is 228 g/mol. The molecule has 0 bridgehead atoms. The van der Waals surface area contributed by atoms with E-state index in [1.807, 2.05) is 6.92 Å². The number of piperidine rings is 1. The van der Waals surface area contributed by atoms with Crippen molar-refractivity contribution in [3.8, 4) is 0 Å². The van der Waals surface area contributed by atoms with E-state index in [0.717, 1.165) is 32.2 Å². The van der Waals surface area contributed by atoms with Crippen LogP contribution in [0, 0.1) is 0 Å². The molecule has 3 N–H and O–H groups in total. The first-order valence-electron chi connectivity index (χ1n) is 5.91. The van der Waals surface area contributed by atoms with Crippen LogP contribution < -0.4 is 10.6 Å². The van der Waals surface area contributed by atoms with Crippen molar-refractivity contribution in [2.75, 3.05) is 6.54 Å². The fraction of sp³-hybridized carbons (Fsp3) is 0.818. The molecule has 16 heavy (non-hydrogen) atoms. The van der Waals surface area contributed by atoms with Gasteiger partial charge in [0, 0.05) is 0 Å². The first-order chi connectivity index (χ1) is 7.65. The highest BCUT2D eigenvalue weighted by Crippen LogP contribution is 2.07. The number of rotatable bonds is 5. The fourth-order valence-corrected chi connectivity index (χ4v) is 1.89. The molecule has 1 aliphatic heterocycles. The highest BCUT2D eigenvalue weighted by atomic mass is 16.4. The minimum Gasteiger partial charge on any atom is -0.480 e. The molecule has 0 aliphatic carbocycles. The quantitative estimate of drug-likeness (QED) is 0.640. The second-order valence-corrected chi connectivity index (χ2v) is 4.19. The van der Waals surface area contributed by atoms with Gasteiger partial charge < -0.3 is 15.7 Å². The van der Waals surface area contributed by atoms with Gasteiger partial charge >= 0.3 is 5.97 Å². The minimum atomic E-state index is -0.953. The highest BCUT2D eigenvalue weighted by Gasteiger charge is 2.25. The van der Waals surface area contributed by atoms with Crippen LogP contribution >= 0.6 is 0 Å². The molecule has 0 aromatic heterocycles. The molecule has 1 unspecified atom stereocenters. The Balaban J connectivity index is 2.43. The Hall–Kier alpha value is -1.10. The first kappa shape index (κ1) is 13.0. The van der Waals surface area contributed by atoms with Crippen LogP contribution in [-0.4, -0.2) is 35.6 Å². The zero-order chi connectivity index (χ0) is 12.0. The van der Waals surface area contributed by atoms with Crippen molar-refractivity contribution in [2.45, 2.75) is 51.1 Å². The van der Waals surface area contributed by atoms with Crippen molar-refractivity contribution in [3.63, 3.8) is 0 Å². The van der Waals surface area contributed by atoms with Gasteiger partial charge in [0.2, 0.25) is 5.91 Å². The van der Waals surface area contributed by atoms with Crippen molar-refractivity contribution in [3.05, 3.63) is 0 Å². The number of hydrogen-bond donors (Lipinski definition) is 3. The molecule has 0 aromatic carbocycles. The molecule has 2 atom stereocenters. The molecule has 1 aliphatic rings. The number of aliphatic carboxylic acids is 1. The molecule has 0 saturated carbocycles. The summed E-state index contributed by atoms with van der Waals surface area (Å²) in [7, 11) is 0. The van der Waals surface area contributed by atoms with Gasteiger partial charge in [0.25, 0.3) is 0 Å². The lowest BCUT2D eigenvalue weighted by atomic mass is 10.0. The number of amides is 1. The van der Waals surface area contributed by atoms with Crippen molar-refractivity contribution in [2.24, 2.45) is 0 Å². The van der Waals surface area contributed by atoms with Crippen LogP contribution in [0.15, 0.2) is 0 Å². The summed E-state index contributed by atoms with van der Waals surface area (Å²) in [5.74, 6) is -1.13. The number of carboxylic acids is 1. The van der Waals surface area contributed by atoms with Crippen LogP contribution in [0.25, 0.3) is 0 Å². The molecule has 1 saturated heterocycles. The summed E-state index contributed by atoms with van der Waals surface area (Å²) in [5, 5.41) is 14.6. The van der Waals surface area contributed by atoms with Crippen LogP contribution in [-0.2, 0) is 9.59 Å². The van der Waals surface area contributed by atoms with Gasteiger partial charge in [-0.05, 0) is 25.8 Å². The third-order valence-corrected chi connectivity index (χ3v) is 2.82. The molecule has 1 heterocycles. The Morgan fingerprint density at radius 1 is 1.50 bits per heavy atom. The Morgan fingerprint density at radius 2 is 2.25 bits per heavy atom. The van der Waals surface area contributed by atoms with Crippen LogP contribution in [0.3, 0.4) is 0 Å². The van der Waals surface area contributed by atoms with E-state index in [-0.39, 0.29) is 11.9 Å². The molecule has 1 fully saturated rings. The molecular formula is C11H20N2O3. The number of nitrogens with one attached hydrogen (secondary N) is 2. The summed E-state index contributed by atoms with van der Waals surface area (Å²) in [5.41, 5.74) is 0. The molecule has 0 spiro atoms. The predicted molar refractivity (Wildman–Crippen MR) is 60.1 cm³/mol. The van der Waals surface area contributed by atoms with Gasteiger partial charge in [0.05, 0.1) is 6.04 Å². The van der Waals surface area contributed by atoms with E-state index >= 15 is 0 Å². The van der Waals surface area contributed by atoms with Gasteiger partial charge in [-0.15, -0.1) is 0 Å². The van der Waals surface area contributed by atoms with Crippen LogP contribution in [0.5, 0.6) is 0 Å². The standard InChI is InChI=1S/C11H20N2O3/c1-2-5-9(11(15)16)13-10(14)8-6-3-4-7-12-8/h8-9,12H,2-7H2,1H3,(H,13,14)(H,15,16)/t8-,9?/m1/s1. The third kappa shape index (κ3) is 3.81. The summed E-state index contributed by atoms with van der Waals surface area (Å²) in [6, 6.07) is -0.964. The Morgan fingerprint density at radius 3 is 2.75 bits per heavy atom. The first-order valence-corrected chi connectivity index (χ1v) is 5.91. The lowest BCUT2D eigenvalue weighted by molar-refractivity contribution is -0.142. The van der Waals surface area contributed by atoms with E-state index in [1.165, 1.54) is 0 Å². The Labute approximate surface area is 95.6 Å². The van der Waals surface area contributed by atoms with Gasteiger partial charge in [-0.1, -0.05) is 19.8 Å². The van der Waals surface area contributed by atoms with Crippen molar-refractivity contribution >= 4 is 11.9 Å². The smallest absolute Gasteiger partial charge is 0.326 e. The van der Waals surface area contributed by atoms with Gasteiger partial charge in [-0.25, -0.2) is 4.79 Å². The molecule has 1 amide bonds. The summed E-state index contributed by atoms with van der Waals surface area (Å²) < 4.78 is 0. The zero-order valence-corrected chi connectivity index (χ0v) is 9.66. The maximum absolute atomic E-state index is 11.8. The summed E-state index contributed by atoms with van der Waals surface area (Å²) in [6.07, 6.45) is 4.13. The van der Waals surface area contributed by atoms with E-state index in [0.29, 0.717) is 6.42 Å². The zero-order valence-electron chi connectivity index (χ0n) is 9.66. The number of hydrogen-bond acceptors (Lipinski definition) is 3. The second-order valence-electron chi connectivity index (χ2n) is 4.19. The van der Waals surface area contributed by atoms with Crippen LogP contribution in [0.2, 0.25) is 0 Å². The number of carboxylic acid groups (broad SMARTS) is 1. The Kier molecular flexibility index (Phi) is 5.25. The lowest BCUT2D eigenvalue weighted by Crippen LogP contribution is -2.51. The van der Waals surface area contributed by atoms with Crippen molar-refractivity contribution in [1.82, 2.24) is 10.6 Å². The highest BCUT2D eigenvalue weighted by molar-refractivity contribution is 5.86. The molecule has 0 aromatic rings. The van der Waals surface area contributed by atoms with Crippen molar-refractivity contribution < 1.29 is 14.7 Å². The van der Waals surface area contributed by atoms with Crippen LogP contribution in [0.4, 0.5) is 0 Å². The number of carbonyl (C=O) groups is 2. The molecule has 1 rings (SSSR count). The van der Waals surface area contributed by atoms with Gasteiger partial charge in [0.1, 0.15) is 6.04 Å². The average Bonchev–Trinajstić information content (AvgIpc) is 2.29. The minimum absolute atomic E-state index is 0.180. The maximum atomic E-state index is 11.8. The molecule has 5 heteroatoms. The summed E-state index contributed by atoms with van der Waals surface area (Å²) >= 11 is 0. The summed E-state index contributed by atoms with van der Waals surface area (Å²) in [6.45, 7) is 2.74. The van der Waals surface area contributed by atoms with Gasteiger partial charge in [0.15, 0.2) is 0 Å². The van der Waals surface area contributed by atoms with E-state index in [1.54, 1.807) is 0 Å². The second kappa shape index (κ2) is 6.48. The normalized spacial score (nSPS) is 22.4. The SMILES string of the molecule is CCCC(NC(=O)[C@H]1CCCCN1)C(=O)O. The van der Waals surface area contributed by atoms with E-state index in [4.69, 9.17) is 5.11 Å². The topological polar surface area (TPSA) is 78.4 Å². The van der Waals surface area contributed by atoms with Gasteiger partial charge in [-0.3, -0.25) is 4.79 Å². The van der Waals surface area contributed by atoms with E-state index in [9.17, 15) is 9.59 Å². The number of carbonyl (C=O) groups excluding carboxylic acids is 1. The van der Waals surface area contributed by atoms with Gasteiger partial charge in [-0.2, -0.15) is 0 Å². The largest absolute Gasteiger partial charge is 0.480 e. The molecule has 0 radical (unpaired) electrons. The average molecular weight is 228 g/mol. The molecular weight excluding hydrogens is 208 g/mol. The lowest BCUT2D eigenvalue weighted by Gasteiger charge is -2.24. The fourth-order valence-electron chi connectivity index (χ4n) is 1.89. The maximum Gasteiger partial charge on any atom is 0.326 e. The molecule has 5 nitrogen and oxygen atoms in total. The predicted octanol–water partition coefficient (Wildman–Crippen LogP) is 0.498. The van der Waals surface area contributed by atoms with Crippen molar-refractivity contribution in [1.29, 1.82) is 0 Å². The molecule has 92 valence electrons. The van der Waals surface area contributed by atoms with E-state index < -0.39 is 12.0 Å². The summed E-state index contributed by atoms with van der Waals surface area (Å²) in [4.78, 5) is 22.6. The van der Waals surface area contributed by atoms with E-state index in [2.05, 4.69) is 10.6 Å². The third-order valence-electron chi connectivity index (χ3n) is 2.82. The Bertz CT molecular complexity index is 250.